The first-order chi connectivity index (χ1) is 17.4. The normalized spacial score (nSPS) is 19.0. The minimum absolute atomic E-state index is 0.0616. The lowest BCUT2D eigenvalue weighted by Gasteiger charge is -2.35. The zero-order valence-corrected chi connectivity index (χ0v) is 20.6. The molecule has 1 saturated carbocycles. The number of benzene rings is 1. The number of hydrogen-bond donors (Lipinski definition) is 1. The lowest BCUT2D eigenvalue weighted by atomic mass is 10.1. The molecular weight excluding hydrogens is 459 g/mol. The number of amides is 1. The minimum atomic E-state index is -0.403. The van der Waals surface area contributed by atoms with Crippen LogP contribution in [0.1, 0.15) is 37.8 Å². The summed E-state index contributed by atoms with van der Waals surface area (Å²) in [6.45, 7) is 6.80. The van der Waals surface area contributed by atoms with E-state index >= 15 is 4.39 Å². The molecule has 0 unspecified atom stereocenters. The molecule has 3 heterocycles. The Hall–Kier alpha value is -3.75. The predicted octanol–water partition coefficient (Wildman–Crippen LogP) is 4.20. The molecule has 6 rings (SSSR count). The predicted molar refractivity (Wildman–Crippen MR) is 137 cm³/mol. The fourth-order valence-electron chi connectivity index (χ4n) is 4.98. The van der Waals surface area contributed by atoms with Gasteiger partial charge in [-0.2, -0.15) is 9.97 Å². The van der Waals surface area contributed by atoms with E-state index in [2.05, 4.69) is 31.3 Å². The number of carbonyl (C=O) groups excluding carboxylic acids is 1. The van der Waals surface area contributed by atoms with E-state index in [4.69, 9.17) is 4.74 Å². The van der Waals surface area contributed by atoms with E-state index in [9.17, 15) is 4.79 Å². The molecule has 186 valence electrons. The molecule has 2 fully saturated rings. The zero-order chi connectivity index (χ0) is 24.8. The number of allylic oxidation sites excluding steroid dienone is 1. The number of amidine groups is 1. The van der Waals surface area contributed by atoms with Crippen LogP contribution >= 0.6 is 0 Å². The van der Waals surface area contributed by atoms with Crippen LogP contribution in [0.3, 0.4) is 0 Å². The Morgan fingerprint density at radius 1 is 1.14 bits per heavy atom. The maximum absolute atomic E-state index is 15.2. The molecule has 9 heteroatoms. The van der Waals surface area contributed by atoms with Crippen molar-refractivity contribution in [3.63, 3.8) is 0 Å². The molecule has 1 aromatic heterocycles. The van der Waals surface area contributed by atoms with Crippen LogP contribution in [-0.2, 0) is 11.2 Å². The highest BCUT2D eigenvalue weighted by Gasteiger charge is 2.28. The van der Waals surface area contributed by atoms with Gasteiger partial charge in [0.1, 0.15) is 17.5 Å². The van der Waals surface area contributed by atoms with Crippen molar-refractivity contribution in [1.82, 2.24) is 14.9 Å². The lowest BCUT2D eigenvalue weighted by Crippen LogP contribution is -2.48. The Labute approximate surface area is 209 Å². The van der Waals surface area contributed by atoms with Crippen molar-refractivity contribution < 1.29 is 13.9 Å². The molecular formula is C27H29FN6O2. The summed E-state index contributed by atoms with van der Waals surface area (Å²) >= 11 is 0. The molecule has 2 aliphatic heterocycles. The highest BCUT2D eigenvalue weighted by Crippen LogP contribution is 2.38. The van der Waals surface area contributed by atoms with Gasteiger partial charge in [-0.15, -0.1) is 0 Å². The number of aromatic nitrogens is 2. The fourth-order valence-corrected chi connectivity index (χ4v) is 4.98. The first-order valence-electron chi connectivity index (χ1n) is 12.5. The Balaban J connectivity index is 1.28. The number of ether oxygens (including phenoxy) is 1. The minimum Gasteiger partial charge on any atom is -0.421 e. The standard InChI is InChI=1S/C27H29FN6O2/c1-16-11-19-5-6-22(26(28)21(19)12-16)36-27-31-24(30-23-13-20(15-29-23)18-3-4-18)14-25(32-27)34-9-7-33(8-10-34)17(2)35/h5-6,12-14,18H,3-4,7-11,15H2,1-2H3,(H,29,30,31,32). The molecule has 2 aromatic rings. The average Bonchev–Trinajstić information content (AvgIpc) is 3.49. The van der Waals surface area contributed by atoms with Crippen molar-refractivity contribution in [2.75, 3.05) is 42.9 Å². The summed E-state index contributed by atoms with van der Waals surface area (Å²) in [5.41, 5.74) is 3.99. The Bertz CT molecular complexity index is 1320. The van der Waals surface area contributed by atoms with Crippen LogP contribution in [0.5, 0.6) is 11.8 Å². The first-order valence-corrected chi connectivity index (χ1v) is 12.5. The molecule has 0 spiro atoms. The van der Waals surface area contributed by atoms with Crippen molar-refractivity contribution in [3.8, 4) is 11.8 Å². The molecule has 1 amide bonds. The maximum atomic E-state index is 15.2. The summed E-state index contributed by atoms with van der Waals surface area (Å²) in [5.74, 6) is 2.38. The Morgan fingerprint density at radius 2 is 1.94 bits per heavy atom. The van der Waals surface area contributed by atoms with Gasteiger partial charge in [-0.1, -0.05) is 17.7 Å². The highest BCUT2D eigenvalue weighted by molar-refractivity contribution is 6.05. The van der Waals surface area contributed by atoms with Crippen molar-refractivity contribution in [1.29, 1.82) is 0 Å². The van der Waals surface area contributed by atoms with Crippen molar-refractivity contribution in [3.05, 3.63) is 52.4 Å². The van der Waals surface area contributed by atoms with E-state index in [0.29, 0.717) is 55.8 Å². The van der Waals surface area contributed by atoms with E-state index in [-0.39, 0.29) is 17.7 Å². The number of nitrogens with zero attached hydrogens (tertiary/aromatic N) is 5. The topological polar surface area (TPSA) is 83.0 Å². The summed E-state index contributed by atoms with van der Waals surface area (Å²) in [5, 5.41) is 3.30. The summed E-state index contributed by atoms with van der Waals surface area (Å²) in [6, 6.07) is 5.45. The molecule has 0 radical (unpaired) electrons. The fraction of sp³-hybridized carbons (Fsp3) is 0.407. The average molecular weight is 489 g/mol. The number of piperazine rings is 1. The number of nitrogens with one attached hydrogen (secondary N) is 1. The monoisotopic (exact) mass is 488 g/mol. The molecule has 0 atom stereocenters. The number of halogens is 1. The van der Waals surface area contributed by atoms with Crippen molar-refractivity contribution in [2.45, 2.75) is 33.1 Å². The number of anilines is 2. The number of aliphatic imine (C=N–C) groups is 1. The quantitative estimate of drug-likeness (QED) is 0.680. The highest BCUT2D eigenvalue weighted by atomic mass is 19.1. The van der Waals surface area contributed by atoms with Gasteiger partial charge in [0, 0.05) is 44.7 Å². The van der Waals surface area contributed by atoms with Gasteiger partial charge >= 0.3 is 6.01 Å². The third kappa shape index (κ3) is 4.57. The van der Waals surface area contributed by atoms with Crippen LogP contribution in [0.25, 0.3) is 6.08 Å². The summed E-state index contributed by atoms with van der Waals surface area (Å²) in [6.07, 6.45) is 7.17. The summed E-state index contributed by atoms with van der Waals surface area (Å²) in [4.78, 5) is 29.4. The van der Waals surface area contributed by atoms with Gasteiger partial charge in [0.15, 0.2) is 11.6 Å². The zero-order valence-electron chi connectivity index (χ0n) is 20.6. The number of fused-ring (bicyclic) bond motifs is 1. The summed E-state index contributed by atoms with van der Waals surface area (Å²) < 4.78 is 21.2. The molecule has 2 aliphatic carbocycles. The van der Waals surface area contributed by atoms with Crippen molar-refractivity contribution in [2.24, 2.45) is 10.9 Å². The van der Waals surface area contributed by atoms with Gasteiger partial charge in [-0.3, -0.25) is 9.79 Å². The molecule has 0 bridgehead atoms. The van der Waals surface area contributed by atoms with E-state index in [1.165, 1.54) is 18.4 Å². The van der Waals surface area contributed by atoms with Gasteiger partial charge in [0.25, 0.3) is 0 Å². The van der Waals surface area contributed by atoms with E-state index in [0.717, 1.165) is 23.4 Å². The van der Waals surface area contributed by atoms with Crippen LogP contribution in [0.4, 0.5) is 16.0 Å². The van der Waals surface area contributed by atoms with E-state index in [1.807, 2.05) is 30.0 Å². The van der Waals surface area contributed by atoms with Gasteiger partial charge in [-0.25, -0.2) is 4.39 Å². The van der Waals surface area contributed by atoms with Gasteiger partial charge in [0.2, 0.25) is 5.91 Å². The Kier molecular flexibility index (Phi) is 5.70. The van der Waals surface area contributed by atoms with Crippen LogP contribution in [0, 0.1) is 11.7 Å². The third-order valence-corrected chi connectivity index (χ3v) is 7.15. The van der Waals surface area contributed by atoms with E-state index in [1.54, 1.807) is 13.0 Å². The van der Waals surface area contributed by atoms with Gasteiger partial charge in [0.05, 0.1) is 6.54 Å². The maximum Gasteiger partial charge on any atom is 0.326 e. The molecule has 8 nitrogen and oxygen atoms in total. The molecule has 36 heavy (non-hydrogen) atoms. The molecule has 1 N–H and O–H groups in total. The second-order valence-corrected chi connectivity index (χ2v) is 9.93. The molecule has 4 aliphatic rings. The number of hydrogen-bond acceptors (Lipinski definition) is 7. The van der Waals surface area contributed by atoms with Gasteiger partial charge < -0.3 is 19.9 Å². The van der Waals surface area contributed by atoms with Crippen LogP contribution in [0.15, 0.2) is 40.4 Å². The number of rotatable bonds is 5. The molecule has 1 saturated heterocycles. The largest absolute Gasteiger partial charge is 0.421 e. The second-order valence-electron chi connectivity index (χ2n) is 9.93. The lowest BCUT2D eigenvalue weighted by molar-refractivity contribution is -0.129. The third-order valence-electron chi connectivity index (χ3n) is 7.15. The SMILES string of the molecule is CC(=O)N1CCN(c2cc(NC3=NCC(C4CC4)=C3)nc(Oc3ccc4c(c3F)C=C(C)C4)n2)CC1. The van der Waals surface area contributed by atoms with E-state index < -0.39 is 5.82 Å². The Morgan fingerprint density at radius 3 is 2.69 bits per heavy atom. The van der Waals surface area contributed by atoms with Crippen LogP contribution < -0.4 is 15.0 Å². The van der Waals surface area contributed by atoms with Crippen LogP contribution in [0.2, 0.25) is 0 Å². The smallest absolute Gasteiger partial charge is 0.326 e. The van der Waals surface area contributed by atoms with Crippen molar-refractivity contribution >= 4 is 29.5 Å². The van der Waals surface area contributed by atoms with Gasteiger partial charge in [-0.05, 0) is 55.4 Å². The molecule has 1 aromatic carbocycles. The van der Waals surface area contributed by atoms with Crippen LogP contribution in [-0.4, -0.2) is 59.3 Å². The second kappa shape index (κ2) is 9.04. The first kappa shape index (κ1) is 22.7. The number of carbonyl (C=O) groups is 1. The summed E-state index contributed by atoms with van der Waals surface area (Å²) in [7, 11) is 0.